The summed E-state index contributed by atoms with van der Waals surface area (Å²) in [6, 6.07) is 16.7. The molecule has 0 saturated carbocycles. The predicted octanol–water partition coefficient (Wildman–Crippen LogP) is 4.13. The van der Waals surface area contributed by atoms with E-state index in [1.54, 1.807) is 6.07 Å². The van der Waals surface area contributed by atoms with Gasteiger partial charge in [-0.3, -0.25) is 4.79 Å². The van der Waals surface area contributed by atoms with Gasteiger partial charge >= 0.3 is 5.51 Å². The average molecular weight is 355 g/mol. The van der Waals surface area contributed by atoms with Crippen molar-refractivity contribution in [1.29, 1.82) is 0 Å². The quantitative estimate of drug-likeness (QED) is 0.811. The third-order valence-corrected chi connectivity index (χ3v) is 3.73. The zero-order valence-corrected chi connectivity index (χ0v) is 13.5. The maximum Gasteiger partial charge on any atom is 0.442 e. The number of amides is 1. The Balaban J connectivity index is 1.81. The fourth-order valence-corrected chi connectivity index (χ4v) is 2.31. The van der Waals surface area contributed by atoms with Crippen LogP contribution in [0.2, 0.25) is 0 Å². The third kappa shape index (κ3) is 6.95. The molecule has 0 fully saturated rings. The largest absolute Gasteiger partial charge is 0.489 e. The molecule has 1 N–H and O–H groups in total. The Morgan fingerprint density at radius 1 is 1.04 bits per heavy atom. The van der Waals surface area contributed by atoms with E-state index in [1.807, 2.05) is 48.5 Å². The van der Waals surface area contributed by atoms with Crippen molar-refractivity contribution in [2.24, 2.45) is 0 Å². The first-order valence-corrected chi connectivity index (χ1v) is 8.14. The highest BCUT2D eigenvalue weighted by molar-refractivity contribution is 8.00. The number of hydrogen-bond acceptors (Lipinski definition) is 3. The monoisotopic (exact) mass is 355 g/mol. The lowest BCUT2D eigenvalue weighted by atomic mass is 10.1. The van der Waals surface area contributed by atoms with E-state index in [2.05, 4.69) is 5.32 Å². The van der Waals surface area contributed by atoms with E-state index in [1.165, 1.54) is 0 Å². The van der Waals surface area contributed by atoms with Gasteiger partial charge in [0.25, 0.3) is 0 Å². The van der Waals surface area contributed by atoms with Crippen molar-refractivity contribution in [3.05, 3.63) is 65.7 Å². The van der Waals surface area contributed by atoms with Gasteiger partial charge in [-0.1, -0.05) is 42.5 Å². The Labute approximate surface area is 142 Å². The Morgan fingerprint density at radius 3 is 2.46 bits per heavy atom. The van der Waals surface area contributed by atoms with Crippen LogP contribution in [0.4, 0.5) is 13.2 Å². The molecular formula is C17H16F3NO2S. The van der Waals surface area contributed by atoms with Crippen LogP contribution in [-0.2, 0) is 17.9 Å². The van der Waals surface area contributed by atoms with Crippen LogP contribution in [0, 0.1) is 0 Å². The lowest BCUT2D eigenvalue weighted by molar-refractivity contribution is -0.119. The number of nitrogens with one attached hydrogen (secondary N) is 1. The molecule has 0 saturated heterocycles. The molecule has 2 aromatic carbocycles. The molecule has 1 amide bonds. The molecule has 2 rings (SSSR count). The predicted molar refractivity (Wildman–Crippen MR) is 87.6 cm³/mol. The molecule has 0 atom stereocenters. The molecule has 0 heterocycles. The number of carbonyl (C=O) groups excluding carboxylic acids is 1. The molecule has 0 radical (unpaired) electrons. The van der Waals surface area contributed by atoms with E-state index in [0.717, 1.165) is 16.9 Å². The van der Waals surface area contributed by atoms with Gasteiger partial charge in [-0.15, -0.1) is 0 Å². The van der Waals surface area contributed by atoms with Gasteiger partial charge in [0.05, 0.1) is 5.75 Å². The standard InChI is InChI=1S/C17H16F3NO2S/c18-17(19,20)24-12-16(22)21-10-13-5-4-6-14(9-13)11-23-15-7-2-1-3-8-15/h1-9H,10-12H2,(H,21,22). The Morgan fingerprint density at radius 2 is 1.75 bits per heavy atom. The summed E-state index contributed by atoms with van der Waals surface area (Å²) in [7, 11) is 0. The van der Waals surface area contributed by atoms with E-state index in [-0.39, 0.29) is 18.3 Å². The normalized spacial score (nSPS) is 11.1. The highest BCUT2D eigenvalue weighted by Gasteiger charge is 2.29. The van der Waals surface area contributed by atoms with Gasteiger partial charge in [0.1, 0.15) is 12.4 Å². The molecular weight excluding hydrogens is 339 g/mol. The zero-order chi connectivity index (χ0) is 17.4. The number of hydrogen-bond donors (Lipinski definition) is 1. The third-order valence-electron chi connectivity index (χ3n) is 3.00. The van der Waals surface area contributed by atoms with Gasteiger partial charge in [0, 0.05) is 6.54 Å². The van der Waals surface area contributed by atoms with Crippen molar-refractivity contribution >= 4 is 17.7 Å². The maximum atomic E-state index is 12.0. The summed E-state index contributed by atoms with van der Waals surface area (Å²) in [6.07, 6.45) is 0. The number of para-hydroxylation sites is 1. The number of alkyl halides is 3. The molecule has 24 heavy (non-hydrogen) atoms. The summed E-state index contributed by atoms with van der Waals surface area (Å²) in [4.78, 5) is 11.4. The first-order valence-electron chi connectivity index (χ1n) is 7.15. The summed E-state index contributed by atoms with van der Waals surface area (Å²) >= 11 is -0.346. The Kier molecular flexibility index (Phi) is 6.54. The van der Waals surface area contributed by atoms with Crippen LogP contribution in [0.1, 0.15) is 11.1 Å². The van der Waals surface area contributed by atoms with E-state index < -0.39 is 17.2 Å². The van der Waals surface area contributed by atoms with Crippen LogP contribution in [0.15, 0.2) is 54.6 Å². The molecule has 0 aliphatic rings. The van der Waals surface area contributed by atoms with Gasteiger partial charge in [-0.2, -0.15) is 13.2 Å². The smallest absolute Gasteiger partial charge is 0.442 e. The molecule has 0 aromatic heterocycles. The second kappa shape index (κ2) is 8.63. The molecule has 3 nitrogen and oxygen atoms in total. The van der Waals surface area contributed by atoms with Crippen molar-refractivity contribution in [3.8, 4) is 5.75 Å². The molecule has 128 valence electrons. The van der Waals surface area contributed by atoms with Gasteiger partial charge in [0.15, 0.2) is 0 Å². The van der Waals surface area contributed by atoms with E-state index in [4.69, 9.17) is 4.74 Å². The van der Waals surface area contributed by atoms with Crippen LogP contribution < -0.4 is 10.1 Å². The van der Waals surface area contributed by atoms with Gasteiger partial charge < -0.3 is 10.1 Å². The number of halogens is 3. The van der Waals surface area contributed by atoms with Crippen LogP contribution in [0.25, 0.3) is 0 Å². The Bertz CT molecular complexity index is 662. The minimum Gasteiger partial charge on any atom is -0.489 e. The molecule has 0 spiro atoms. The highest BCUT2D eigenvalue weighted by atomic mass is 32.2. The summed E-state index contributed by atoms with van der Waals surface area (Å²) in [5.74, 6) is -0.538. The number of ether oxygens (including phenoxy) is 1. The lowest BCUT2D eigenvalue weighted by Crippen LogP contribution is -2.26. The lowest BCUT2D eigenvalue weighted by Gasteiger charge is -2.09. The molecule has 0 unspecified atom stereocenters. The minimum atomic E-state index is -4.40. The van der Waals surface area contributed by atoms with Gasteiger partial charge in [0.2, 0.25) is 5.91 Å². The second-order valence-corrected chi connectivity index (χ2v) is 5.97. The molecule has 0 aliphatic heterocycles. The van der Waals surface area contributed by atoms with E-state index in [0.29, 0.717) is 6.61 Å². The topological polar surface area (TPSA) is 38.3 Å². The number of rotatable bonds is 7. The van der Waals surface area contributed by atoms with Gasteiger partial charge in [-0.05, 0) is 35.0 Å². The van der Waals surface area contributed by atoms with Crippen molar-refractivity contribution in [2.45, 2.75) is 18.7 Å². The SMILES string of the molecule is O=C(CSC(F)(F)F)NCc1cccc(COc2ccccc2)c1. The number of benzene rings is 2. The maximum absolute atomic E-state index is 12.0. The fourth-order valence-electron chi connectivity index (χ4n) is 1.91. The first-order chi connectivity index (χ1) is 11.4. The van der Waals surface area contributed by atoms with Crippen molar-refractivity contribution in [3.63, 3.8) is 0 Å². The van der Waals surface area contributed by atoms with E-state index in [9.17, 15) is 18.0 Å². The second-order valence-electron chi connectivity index (χ2n) is 4.93. The van der Waals surface area contributed by atoms with Crippen molar-refractivity contribution in [2.75, 3.05) is 5.75 Å². The minimum absolute atomic E-state index is 0.177. The van der Waals surface area contributed by atoms with Crippen LogP contribution in [0.5, 0.6) is 5.75 Å². The van der Waals surface area contributed by atoms with Crippen molar-refractivity contribution < 1.29 is 22.7 Å². The first kappa shape index (κ1) is 18.2. The average Bonchev–Trinajstić information content (AvgIpc) is 2.57. The molecule has 0 aliphatic carbocycles. The van der Waals surface area contributed by atoms with Gasteiger partial charge in [-0.25, -0.2) is 0 Å². The van der Waals surface area contributed by atoms with Crippen LogP contribution in [0.3, 0.4) is 0 Å². The zero-order valence-electron chi connectivity index (χ0n) is 12.7. The summed E-state index contributed by atoms with van der Waals surface area (Å²) < 4.78 is 41.7. The molecule has 0 bridgehead atoms. The number of thioether (sulfide) groups is 1. The van der Waals surface area contributed by atoms with Crippen LogP contribution >= 0.6 is 11.8 Å². The summed E-state index contributed by atoms with van der Waals surface area (Å²) in [6.45, 7) is 0.548. The fraction of sp³-hybridized carbons (Fsp3) is 0.235. The summed E-state index contributed by atoms with van der Waals surface area (Å²) in [5.41, 5.74) is -2.68. The molecule has 7 heteroatoms. The molecule has 2 aromatic rings. The highest BCUT2D eigenvalue weighted by Crippen LogP contribution is 2.29. The van der Waals surface area contributed by atoms with Crippen molar-refractivity contribution in [1.82, 2.24) is 5.32 Å². The summed E-state index contributed by atoms with van der Waals surface area (Å²) in [5, 5.41) is 2.47. The van der Waals surface area contributed by atoms with Crippen LogP contribution in [-0.4, -0.2) is 17.2 Å². The van der Waals surface area contributed by atoms with E-state index >= 15 is 0 Å². The number of carbonyl (C=O) groups is 1. The Hall–Kier alpha value is -2.15.